The lowest BCUT2D eigenvalue weighted by molar-refractivity contribution is -0.131. The Bertz CT molecular complexity index is 258. The van der Waals surface area contributed by atoms with Crippen LogP contribution in [0.25, 0.3) is 0 Å². The molecule has 0 unspecified atom stereocenters. The molecule has 0 rings (SSSR count). The van der Waals surface area contributed by atoms with Gasteiger partial charge in [-0.25, -0.2) is 0 Å². The summed E-state index contributed by atoms with van der Waals surface area (Å²) >= 11 is 0. The van der Waals surface area contributed by atoms with Gasteiger partial charge < -0.3 is 4.90 Å². The summed E-state index contributed by atoms with van der Waals surface area (Å²) in [5, 5.41) is 8.66. The SMILES string of the molecule is CCCCCCC(=O)N(CCC#N)CCCCCC. The Morgan fingerprint density at radius 3 is 2.16 bits per heavy atom. The molecule has 0 radical (unpaired) electrons. The van der Waals surface area contributed by atoms with E-state index in [1.807, 2.05) is 4.90 Å². The first kappa shape index (κ1) is 18.0. The molecule has 3 nitrogen and oxygen atoms in total. The van der Waals surface area contributed by atoms with Gasteiger partial charge in [0.05, 0.1) is 12.5 Å². The molecule has 0 N–H and O–H groups in total. The van der Waals surface area contributed by atoms with Crippen molar-refractivity contribution in [2.24, 2.45) is 0 Å². The molecule has 0 aliphatic rings. The molecule has 0 fully saturated rings. The third-order valence-corrected chi connectivity index (χ3v) is 3.37. The van der Waals surface area contributed by atoms with Crippen LogP contribution >= 0.6 is 0 Å². The standard InChI is InChI=1S/C16H30N2O/c1-3-5-7-9-12-16(19)18(15-11-13-17)14-10-8-6-4-2/h3-12,14-15H2,1-2H3. The van der Waals surface area contributed by atoms with Crippen molar-refractivity contribution in [2.75, 3.05) is 13.1 Å². The van der Waals surface area contributed by atoms with Crippen molar-refractivity contribution in [3.63, 3.8) is 0 Å². The number of nitriles is 1. The highest BCUT2D eigenvalue weighted by molar-refractivity contribution is 5.76. The molecule has 0 saturated carbocycles. The molecule has 0 aromatic heterocycles. The van der Waals surface area contributed by atoms with Crippen molar-refractivity contribution in [2.45, 2.75) is 78.1 Å². The molecular weight excluding hydrogens is 236 g/mol. The molecule has 19 heavy (non-hydrogen) atoms. The Morgan fingerprint density at radius 2 is 1.58 bits per heavy atom. The number of amides is 1. The fourth-order valence-electron chi connectivity index (χ4n) is 2.14. The lowest BCUT2D eigenvalue weighted by Gasteiger charge is -2.21. The van der Waals surface area contributed by atoms with Gasteiger partial charge in [0, 0.05) is 19.5 Å². The van der Waals surface area contributed by atoms with Gasteiger partial charge in [0.2, 0.25) is 5.91 Å². The fraction of sp³-hybridized carbons (Fsp3) is 0.875. The Morgan fingerprint density at radius 1 is 0.947 bits per heavy atom. The Kier molecular flexibility index (Phi) is 12.7. The van der Waals surface area contributed by atoms with E-state index in [4.69, 9.17) is 5.26 Å². The van der Waals surface area contributed by atoms with E-state index >= 15 is 0 Å². The van der Waals surface area contributed by atoms with Crippen LogP contribution in [0.2, 0.25) is 0 Å². The summed E-state index contributed by atoms with van der Waals surface area (Å²) in [6.45, 7) is 5.80. The van der Waals surface area contributed by atoms with Gasteiger partial charge in [0.15, 0.2) is 0 Å². The van der Waals surface area contributed by atoms with Crippen molar-refractivity contribution in [1.29, 1.82) is 5.26 Å². The zero-order valence-electron chi connectivity index (χ0n) is 12.8. The molecule has 0 bridgehead atoms. The van der Waals surface area contributed by atoms with Gasteiger partial charge in [-0.15, -0.1) is 0 Å². The molecule has 0 atom stereocenters. The van der Waals surface area contributed by atoms with E-state index in [0.717, 1.165) is 25.8 Å². The quantitative estimate of drug-likeness (QED) is 0.495. The Balaban J connectivity index is 3.94. The number of carbonyl (C=O) groups excluding carboxylic acids is 1. The minimum atomic E-state index is 0.239. The maximum atomic E-state index is 12.1. The summed E-state index contributed by atoms with van der Waals surface area (Å²) in [7, 11) is 0. The van der Waals surface area contributed by atoms with Crippen molar-refractivity contribution < 1.29 is 4.79 Å². The lowest BCUT2D eigenvalue weighted by Crippen LogP contribution is -2.32. The van der Waals surface area contributed by atoms with E-state index < -0.39 is 0 Å². The summed E-state index contributed by atoms with van der Waals surface area (Å²) in [4.78, 5) is 14.0. The third kappa shape index (κ3) is 10.6. The topological polar surface area (TPSA) is 44.1 Å². The number of hydrogen-bond acceptors (Lipinski definition) is 2. The second kappa shape index (κ2) is 13.4. The number of hydrogen-bond donors (Lipinski definition) is 0. The summed E-state index contributed by atoms with van der Waals surface area (Å²) in [5.41, 5.74) is 0. The van der Waals surface area contributed by atoms with Crippen LogP contribution in [-0.4, -0.2) is 23.9 Å². The van der Waals surface area contributed by atoms with Gasteiger partial charge in [0.25, 0.3) is 0 Å². The van der Waals surface area contributed by atoms with E-state index in [9.17, 15) is 4.79 Å². The predicted octanol–water partition coefficient (Wildman–Crippen LogP) is 4.28. The summed E-state index contributed by atoms with van der Waals surface area (Å²) in [6, 6.07) is 2.14. The first-order chi connectivity index (χ1) is 9.26. The number of unbranched alkanes of at least 4 members (excludes halogenated alkanes) is 6. The predicted molar refractivity (Wildman–Crippen MR) is 79.7 cm³/mol. The van der Waals surface area contributed by atoms with Crippen molar-refractivity contribution in [3.8, 4) is 6.07 Å². The van der Waals surface area contributed by atoms with E-state index in [1.54, 1.807) is 0 Å². The van der Waals surface area contributed by atoms with E-state index in [1.165, 1.54) is 32.1 Å². The van der Waals surface area contributed by atoms with Gasteiger partial charge >= 0.3 is 0 Å². The maximum absolute atomic E-state index is 12.1. The van der Waals surface area contributed by atoms with Crippen LogP contribution in [0.3, 0.4) is 0 Å². The second-order valence-corrected chi connectivity index (χ2v) is 5.16. The molecule has 1 amide bonds. The van der Waals surface area contributed by atoms with Crippen molar-refractivity contribution >= 4 is 5.91 Å². The zero-order chi connectivity index (χ0) is 14.3. The molecule has 3 heteroatoms. The van der Waals surface area contributed by atoms with Gasteiger partial charge in [-0.3, -0.25) is 4.79 Å². The Labute approximate surface area is 119 Å². The largest absolute Gasteiger partial charge is 0.342 e. The average molecular weight is 266 g/mol. The first-order valence-corrected chi connectivity index (χ1v) is 7.91. The third-order valence-electron chi connectivity index (χ3n) is 3.37. The first-order valence-electron chi connectivity index (χ1n) is 7.91. The normalized spacial score (nSPS) is 10.2. The van der Waals surface area contributed by atoms with Gasteiger partial charge in [0.1, 0.15) is 0 Å². The van der Waals surface area contributed by atoms with Crippen LogP contribution in [0, 0.1) is 11.3 Å². The smallest absolute Gasteiger partial charge is 0.222 e. The highest BCUT2D eigenvalue weighted by atomic mass is 16.2. The van der Waals surface area contributed by atoms with Gasteiger partial charge in [-0.05, 0) is 12.8 Å². The fourth-order valence-corrected chi connectivity index (χ4v) is 2.14. The van der Waals surface area contributed by atoms with Crippen LogP contribution in [0.5, 0.6) is 0 Å². The van der Waals surface area contributed by atoms with Crippen LogP contribution in [0.1, 0.15) is 78.1 Å². The van der Waals surface area contributed by atoms with Crippen LogP contribution in [-0.2, 0) is 4.79 Å². The van der Waals surface area contributed by atoms with Crippen LogP contribution in [0.15, 0.2) is 0 Å². The van der Waals surface area contributed by atoms with Gasteiger partial charge in [-0.2, -0.15) is 5.26 Å². The molecule has 0 aromatic carbocycles. The van der Waals surface area contributed by atoms with Crippen molar-refractivity contribution in [3.05, 3.63) is 0 Å². The molecule has 0 aliphatic heterocycles. The monoisotopic (exact) mass is 266 g/mol. The van der Waals surface area contributed by atoms with E-state index in [-0.39, 0.29) is 5.91 Å². The highest BCUT2D eigenvalue weighted by Crippen LogP contribution is 2.08. The van der Waals surface area contributed by atoms with Gasteiger partial charge in [-0.1, -0.05) is 52.4 Å². The minimum absolute atomic E-state index is 0.239. The molecular formula is C16H30N2O. The molecule has 0 spiro atoms. The summed E-state index contributed by atoms with van der Waals surface area (Å²) in [5.74, 6) is 0.239. The van der Waals surface area contributed by atoms with E-state index in [2.05, 4.69) is 19.9 Å². The number of carbonyl (C=O) groups is 1. The number of nitrogens with zero attached hydrogens (tertiary/aromatic N) is 2. The second-order valence-electron chi connectivity index (χ2n) is 5.16. The molecule has 110 valence electrons. The zero-order valence-corrected chi connectivity index (χ0v) is 12.8. The molecule has 0 aliphatic carbocycles. The maximum Gasteiger partial charge on any atom is 0.222 e. The number of rotatable bonds is 12. The van der Waals surface area contributed by atoms with Crippen LogP contribution in [0.4, 0.5) is 0 Å². The average Bonchev–Trinajstić information content (AvgIpc) is 2.42. The molecule has 0 aromatic rings. The minimum Gasteiger partial charge on any atom is -0.342 e. The highest BCUT2D eigenvalue weighted by Gasteiger charge is 2.12. The van der Waals surface area contributed by atoms with E-state index in [0.29, 0.717) is 19.4 Å². The molecule has 0 saturated heterocycles. The molecule has 0 heterocycles. The summed E-state index contributed by atoms with van der Waals surface area (Å²) < 4.78 is 0. The van der Waals surface area contributed by atoms with Crippen LogP contribution < -0.4 is 0 Å². The van der Waals surface area contributed by atoms with Crippen molar-refractivity contribution in [1.82, 2.24) is 4.90 Å². The summed E-state index contributed by atoms with van der Waals surface area (Å²) in [6.07, 6.45) is 10.3. The Hall–Kier alpha value is -1.04. The lowest BCUT2D eigenvalue weighted by atomic mass is 10.1.